The molecule has 1 aromatic carbocycles. The molecule has 1 saturated heterocycles. The molecule has 3 rings (SSSR count). The number of amides is 3. The Morgan fingerprint density at radius 1 is 1.10 bits per heavy atom. The van der Waals surface area contributed by atoms with Crippen molar-refractivity contribution >= 4 is 41.2 Å². The van der Waals surface area contributed by atoms with Crippen LogP contribution in [0.2, 0.25) is 0 Å². The number of hydrogen-bond donors (Lipinski definition) is 1. The van der Waals surface area contributed by atoms with Crippen LogP contribution in [0.15, 0.2) is 17.1 Å². The Bertz CT molecular complexity index is 1090. The summed E-state index contributed by atoms with van der Waals surface area (Å²) in [6.45, 7) is 20.3. The largest absolute Gasteiger partial charge is 0.443 e. The molecule has 0 aliphatic carbocycles. The Hall–Kier alpha value is -2.93. The SMILES string of the molecule is CC.CC1C[C@@](C)(c2cc(N)cc(F)c2F)N=C(N(C(=O)OC(C)(C)C)C(=O)OC(C)(C)C)S1.O=CN1CCOCC1. The number of nitrogens with zero attached hydrogens (tertiary/aromatic N) is 3. The van der Waals surface area contributed by atoms with Crippen molar-refractivity contribution in [3.8, 4) is 0 Å². The number of amidine groups is 1. The topological polar surface area (TPSA) is 124 Å². The maximum absolute atomic E-state index is 14.7. The van der Waals surface area contributed by atoms with E-state index in [0.717, 1.165) is 37.3 Å². The van der Waals surface area contributed by atoms with Gasteiger partial charge in [0.2, 0.25) is 6.41 Å². The third kappa shape index (κ3) is 11.4. The summed E-state index contributed by atoms with van der Waals surface area (Å²) in [4.78, 5) is 42.9. The number of carbonyl (C=O) groups is 3. The summed E-state index contributed by atoms with van der Waals surface area (Å²) < 4.78 is 44.6. The van der Waals surface area contributed by atoms with E-state index in [1.807, 2.05) is 20.8 Å². The van der Waals surface area contributed by atoms with Gasteiger partial charge in [-0.15, -0.1) is 0 Å². The number of imide groups is 1. The van der Waals surface area contributed by atoms with Gasteiger partial charge in [-0.05, 0) is 67.0 Å². The van der Waals surface area contributed by atoms with E-state index in [2.05, 4.69) is 4.99 Å². The highest BCUT2D eigenvalue weighted by Crippen LogP contribution is 2.42. The van der Waals surface area contributed by atoms with Gasteiger partial charge in [0.1, 0.15) is 11.2 Å². The lowest BCUT2D eigenvalue weighted by molar-refractivity contribution is -0.121. The number of hydrogen-bond acceptors (Lipinski definition) is 9. The first-order chi connectivity index (χ1) is 19.3. The van der Waals surface area contributed by atoms with Gasteiger partial charge in [0, 0.05) is 29.6 Å². The second kappa shape index (κ2) is 15.5. The maximum atomic E-state index is 14.7. The molecule has 0 spiro atoms. The van der Waals surface area contributed by atoms with E-state index in [1.165, 1.54) is 6.07 Å². The summed E-state index contributed by atoms with van der Waals surface area (Å²) in [6.07, 6.45) is -0.776. The first-order valence-corrected chi connectivity index (χ1v) is 14.8. The molecule has 13 heteroatoms. The van der Waals surface area contributed by atoms with Crippen molar-refractivity contribution in [1.29, 1.82) is 0 Å². The van der Waals surface area contributed by atoms with E-state index < -0.39 is 40.6 Å². The number of rotatable bonds is 2. The number of aliphatic imine (C=N–C) groups is 1. The fraction of sp³-hybridized carbons (Fsp3) is 0.655. The number of nitrogen functional groups attached to an aromatic ring is 1. The van der Waals surface area contributed by atoms with Crippen LogP contribution in [0.1, 0.15) is 81.2 Å². The zero-order chi connectivity index (χ0) is 32.5. The van der Waals surface area contributed by atoms with Crippen molar-refractivity contribution in [2.45, 2.75) is 97.6 Å². The molecule has 0 radical (unpaired) electrons. The van der Waals surface area contributed by atoms with Crippen molar-refractivity contribution in [2.75, 3.05) is 32.0 Å². The highest BCUT2D eigenvalue weighted by Gasteiger charge is 2.43. The third-order valence-corrected chi connectivity index (χ3v) is 6.56. The molecule has 0 aromatic heterocycles. The van der Waals surface area contributed by atoms with E-state index in [1.54, 1.807) is 53.4 Å². The van der Waals surface area contributed by atoms with Crippen LogP contribution in [0, 0.1) is 11.6 Å². The molecule has 2 aliphatic rings. The molecule has 2 aliphatic heterocycles. The summed E-state index contributed by atoms with van der Waals surface area (Å²) in [7, 11) is 0. The van der Waals surface area contributed by atoms with Gasteiger partial charge in [0.15, 0.2) is 16.8 Å². The first-order valence-electron chi connectivity index (χ1n) is 13.9. The molecular formula is C29H46F2N4O6S. The van der Waals surface area contributed by atoms with E-state index in [9.17, 15) is 23.2 Å². The van der Waals surface area contributed by atoms with Gasteiger partial charge >= 0.3 is 12.2 Å². The number of benzene rings is 1. The summed E-state index contributed by atoms with van der Waals surface area (Å²) in [5.41, 5.74) is 2.64. The fourth-order valence-electron chi connectivity index (χ4n) is 3.87. The van der Waals surface area contributed by atoms with Crippen molar-refractivity contribution in [3.63, 3.8) is 0 Å². The van der Waals surface area contributed by atoms with Crippen LogP contribution in [0.4, 0.5) is 24.1 Å². The van der Waals surface area contributed by atoms with Gasteiger partial charge in [-0.2, -0.15) is 4.90 Å². The highest BCUT2D eigenvalue weighted by atomic mass is 32.2. The number of morpholine rings is 1. The van der Waals surface area contributed by atoms with Crippen LogP contribution >= 0.6 is 11.8 Å². The number of halogens is 2. The highest BCUT2D eigenvalue weighted by molar-refractivity contribution is 8.14. The van der Waals surface area contributed by atoms with Gasteiger partial charge in [-0.3, -0.25) is 9.79 Å². The molecule has 3 amide bonds. The number of nitrogens with two attached hydrogens (primary N) is 1. The zero-order valence-corrected chi connectivity index (χ0v) is 27.2. The Balaban J connectivity index is 0.000000748. The fourth-order valence-corrected chi connectivity index (χ4v) is 5.14. The van der Waals surface area contributed by atoms with Crippen LogP contribution < -0.4 is 5.73 Å². The zero-order valence-electron chi connectivity index (χ0n) is 26.4. The van der Waals surface area contributed by atoms with Gasteiger partial charge in [0.25, 0.3) is 0 Å². The van der Waals surface area contributed by atoms with Crippen molar-refractivity contribution in [1.82, 2.24) is 9.80 Å². The molecule has 0 saturated carbocycles. The average Bonchev–Trinajstić information content (AvgIpc) is 2.85. The Kier molecular flexibility index (Phi) is 13.7. The molecule has 1 fully saturated rings. The minimum absolute atomic E-state index is 0.0306. The molecule has 10 nitrogen and oxygen atoms in total. The van der Waals surface area contributed by atoms with Gasteiger partial charge in [0.05, 0.1) is 18.8 Å². The molecule has 2 atom stereocenters. The van der Waals surface area contributed by atoms with Crippen LogP contribution in [-0.2, 0) is 24.5 Å². The van der Waals surface area contributed by atoms with E-state index >= 15 is 0 Å². The molecule has 1 unspecified atom stereocenters. The van der Waals surface area contributed by atoms with E-state index in [0.29, 0.717) is 24.5 Å². The van der Waals surface area contributed by atoms with Crippen LogP contribution in [-0.4, -0.2) is 76.3 Å². The predicted octanol–water partition coefficient (Wildman–Crippen LogP) is 6.32. The minimum atomic E-state index is -1.29. The maximum Gasteiger partial charge on any atom is 0.426 e. The van der Waals surface area contributed by atoms with Crippen molar-refractivity contribution in [3.05, 3.63) is 29.3 Å². The van der Waals surface area contributed by atoms with Crippen LogP contribution in [0.3, 0.4) is 0 Å². The lowest BCUT2D eigenvalue weighted by Crippen LogP contribution is -2.48. The van der Waals surface area contributed by atoms with Gasteiger partial charge in [-0.25, -0.2) is 18.4 Å². The first kappa shape index (κ1) is 37.1. The van der Waals surface area contributed by atoms with E-state index in [-0.39, 0.29) is 21.7 Å². The van der Waals surface area contributed by atoms with E-state index in [4.69, 9.17) is 19.9 Å². The lowest BCUT2D eigenvalue weighted by atomic mass is 9.87. The molecule has 238 valence electrons. The molecule has 0 bridgehead atoms. The number of ether oxygens (including phenoxy) is 3. The second-order valence-corrected chi connectivity index (χ2v) is 13.1. The Morgan fingerprint density at radius 2 is 1.60 bits per heavy atom. The molecule has 42 heavy (non-hydrogen) atoms. The molecule has 2 N–H and O–H groups in total. The van der Waals surface area contributed by atoms with Gasteiger partial charge < -0.3 is 24.8 Å². The molecular weight excluding hydrogens is 570 g/mol. The summed E-state index contributed by atoms with van der Waals surface area (Å²) in [5.74, 6) is -2.18. The second-order valence-electron chi connectivity index (χ2n) is 11.7. The quantitative estimate of drug-likeness (QED) is 0.303. The number of anilines is 1. The summed E-state index contributed by atoms with van der Waals surface area (Å²) >= 11 is 1.14. The van der Waals surface area contributed by atoms with Crippen LogP contribution in [0.5, 0.6) is 0 Å². The van der Waals surface area contributed by atoms with Crippen molar-refractivity contribution in [2.24, 2.45) is 4.99 Å². The third-order valence-electron chi connectivity index (χ3n) is 5.50. The average molecular weight is 617 g/mol. The van der Waals surface area contributed by atoms with Crippen molar-refractivity contribution < 1.29 is 37.4 Å². The number of thioether (sulfide) groups is 1. The monoisotopic (exact) mass is 616 g/mol. The van der Waals surface area contributed by atoms with Crippen LogP contribution in [0.25, 0.3) is 0 Å². The summed E-state index contributed by atoms with van der Waals surface area (Å²) in [6, 6.07) is 2.20. The Morgan fingerprint density at radius 3 is 2.02 bits per heavy atom. The standard InChI is InChI=1S/C22H31F2N3O4S.C5H9NO2.C2H6/c1-12-11-22(8,14-9-13(25)10-15(23)16(14)24)26-17(32-12)27(18(28)30-20(2,3)4)19(29)31-21(5,6)7;7-5-6-1-3-8-4-2-6;1-2/h9-10,12H,11,25H2,1-8H3;5H,1-4H2;1-2H3/t12?,22-;;/m0../s1. The summed E-state index contributed by atoms with van der Waals surface area (Å²) in [5, 5.41) is -0.235. The lowest BCUT2D eigenvalue weighted by Gasteiger charge is -2.37. The Labute approximate surface area is 252 Å². The minimum Gasteiger partial charge on any atom is -0.443 e. The predicted molar refractivity (Wildman–Crippen MR) is 161 cm³/mol. The molecule has 1 aromatic rings. The normalized spacial score (nSPS) is 20.5. The smallest absolute Gasteiger partial charge is 0.426 e. The number of carbonyl (C=O) groups excluding carboxylic acids is 3. The van der Waals surface area contributed by atoms with Gasteiger partial charge in [-0.1, -0.05) is 32.5 Å². The molecule has 2 heterocycles.